The van der Waals surface area contributed by atoms with E-state index in [2.05, 4.69) is 11.7 Å². The first-order valence-electron chi connectivity index (χ1n) is 2.76. The molecule has 0 aliphatic rings. The summed E-state index contributed by atoms with van der Waals surface area (Å²) in [5.74, 6) is -0.870. The smallest absolute Gasteiger partial charge is 0.324 e. The predicted octanol–water partition coefficient (Wildman–Crippen LogP) is 1.98. The Labute approximate surface area is 69.5 Å². The van der Waals surface area contributed by atoms with Crippen LogP contribution in [0.15, 0.2) is 12.2 Å². The second-order valence-electron chi connectivity index (χ2n) is 2.00. The minimum Gasteiger partial charge on any atom is -0.480 e. The Morgan fingerprint density at radius 1 is 1.80 bits per heavy atom. The van der Waals surface area contributed by atoms with Gasteiger partial charge in [-0.15, -0.1) is 11.7 Å². The Morgan fingerprint density at radius 3 is 2.40 bits per heavy atom. The molecule has 0 aromatic rings. The minimum atomic E-state index is -0.891. The molecule has 0 spiro atoms. The summed E-state index contributed by atoms with van der Waals surface area (Å²) in [4.78, 5) is 10.5. The van der Waals surface area contributed by atoms with Crippen LogP contribution in [0.25, 0.3) is 0 Å². The highest BCUT2D eigenvalue weighted by atomic mass is 33.1. The standard InChI is InChI=1S/C6H10O2S2/c1-3-4-6(2,10-9)5(7)8/h3-4,9H,1-2H3,(H,7,8)/b4-3+. The topological polar surface area (TPSA) is 37.3 Å². The predicted molar refractivity (Wildman–Crippen MR) is 47.4 cm³/mol. The molecule has 0 amide bonds. The second-order valence-corrected chi connectivity index (χ2v) is 3.58. The summed E-state index contributed by atoms with van der Waals surface area (Å²) in [6, 6.07) is 0. The number of allylic oxidation sites excluding steroid dienone is 1. The molecule has 1 unspecified atom stereocenters. The van der Waals surface area contributed by atoms with Crippen LogP contribution in [0, 0.1) is 0 Å². The molecule has 0 aliphatic heterocycles. The van der Waals surface area contributed by atoms with Crippen molar-refractivity contribution in [3.05, 3.63) is 12.2 Å². The van der Waals surface area contributed by atoms with E-state index in [-0.39, 0.29) is 0 Å². The Balaban J connectivity index is 4.38. The number of aliphatic carboxylic acids is 1. The molecule has 0 rings (SSSR count). The molecule has 0 aromatic carbocycles. The maximum Gasteiger partial charge on any atom is 0.324 e. The third-order valence-corrected chi connectivity index (χ3v) is 2.93. The summed E-state index contributed by atoms with van der Waals surface area (Å²) in [7, 11) is 1.01. The van der Waals surface area contributed by atoms with Gasteiger partial charge in [0.1, 0.15) is 4.75 Å². The van der Waals surface area contributed by atoms with Crippen molar-refractivity contribution in [1.29, 1.82) is 0 Å². The zero-order valence-electron chi connectivity index (χ0n) is 5.87. The van der Waals surface area contributed by atoms with Gasteiger partial charge in [0.25, 0.3) is 0 Å². The molecule has 2 nitrogen and oxygen atoms in total. The van der Waals surface area contributed by atoms with Gasteiger partial charge in [-0.25, -0.2) is 0 Å². The van der Waals surface area contributed by atoms with Gasteiger partial charge < -0.3 is 5.11 Å². The van der Waals surface area contributed by atoms with Crippen LogP contribution in [0.5, 0.6) is 0 Å². The number of carboxylic acids is 1. The number of rotatable bonds is 3. The molecular weight excluding hydrogens is 168 g/mol. The molecule has 0 bridgehead atoms. The van der Waals surface area contributed by atoms with E-state index in [1.54, 1.807) is 26.0 Å². The van der Waals surface area contributed by atoms with E-state index in [0.29, 0.717) is 0 Å². The quantitative estimate of drug-likeness (QED) is 0.394. The number of carbonyl (C=O) groups is 1. The van der Waals surface area contributed by atoms with E-state index in [0.717, 1.165) is 10.8 Å². The minimum absolute atomic E-state index is 0.870. The lowest BCUT2D eigenvalue weighted by atomic mass is 10.1. The van der Waals surface area contributed by atoms with Crippen molar-refractivity contribution in [1.82, 2.24) is 0 Å². The molecule has 58 valence electrons. The molecule has 0 saturated carbocycles. The van der Waals surface area contributed by atoms with E-state index in [1.165, 1.54) is 0 Å². The van der Waals surface area contributed by atoms with E-state index < -0.39 is 10.7 Å². The van der Waals surface area contributed by atoms with Gasteiger partial charge in [-0.3, -0.25) is 4.79 Å². The average Bonchev–Trinajstić information content (AvgIpc) is 1.88. The van der Waals surface area contributed by atoms with Gasteiger partial charge in [-0.2, -0.15) is 0 Å². The summed E-state index contributed by atoms with van der Waals surface area (Å²) in [5, 5.41) is 8.64. The molecule has 0 heterocycles. The van der Waals surface area contributed by atoms with Crippen LogP contribution in [-0.2, 0) is 4.79 Å². The molecule has 0 aliphatic carbocycles. The fraction of sp³-hybridized carbons (Fsp3) is 0.500. The molecule has 4 heteroatoms. The van der Waals surface area contributed by atoms with Gasteiger partial charge in [-0.1, -0.05) is 22.9 Å². The third kappa shape index (κ3) is 2.27. The van der Waals surface area contributed by atoms with Crippen LogP contribution in [-0.4, -0.2) is 15.8 Å². The lowest BCUT2D eigenvalue weighted by Gasteiger charge is -2.15. The highest BCUT2D eigenvalue weighted by Gasteiger charge is 2.28. The molecule has 10 heavy (non-hydrogen) atoms. The van der Waals surface area contributed by atoms with Gasteiger partial charge in [0.05, 0.1) is 0 Å². The zero-order chi connectivity index (χ0) is 8.20. The first kappa shape index (κ1) is 9.91. The molecule has 1 N–H and O–H groups in total. The fourth-order valence-corrected chi connectivity index (χ4v) is 1.15. The van der Waals surface area contributed by atoms with Crippen molar-refractivity contribution in [3.63, 3.8) is 0 Å². The normalized spacial score (nSPS) is 17.1. The van der Waals surface area contributed by atoms with Crippen molar-refractivity contribution in [3.8, 4) is 0 Å². The second kappa shape index (κ2) is 3.93. The zero-order valence-corrected chi connectivity index (χ0v) is 7.58. The lowest BCUT2D eigenvalue weighted by Crippen LogP contribution is -2.27. The number of hydrogen-bond donors (Lipinski definition) is 2. The molecular formula is C6H10O2S2. The van der Waals surface area contributed by atoms with E-state index in [4.69, 9.17) is 5.11 Å². The largest absolute Gasteiger partial charge is 0.480 e. The van der Waals surface area contributed by atoms with Gasteiger partial charge in [0, 0.05) is 0 Å². The Bertz CT molecular complexity index is 156. The van der Waals surface area contributed by atoms with Crippen molar-refractivity contribution in [2.45, 2.75) is 18.6 Å². The maximum atomic E-state index is 10.5. The number of hydrogen-bond acceptors (Lipinski definition) is 3. The van der Waals surface area contributed by atoms with Gasteiger partial charge in [0.15, 0.2) is 0 Å². The van der Waals surface area contributed by atoms with Crippen LogP contribution in [0.1, 0.15) is 13.8 Å². The molecule has 0 saturated heterocycles. The van der Waals surface area contributed by atoms with Crippen molar-refractivity contribution in [2.75, 3.05) is 0 Å². The lowest BCUT2D eigenvalue weighted by molar-refractivity contribution is -0.138. The molecule has 1 atom stereocenters. The Kier molecular flexibility index (Phi) is 3.89. The fourth-order valence-electron chi connectivity index (χ4n) is 0.459. The molecule has 0 radical (unpaired) electrons. The van der Waals surface area contributed by atoms with Crippen molar-refractivity contribution in [2.24, 2.45) is 0 Å². The number of thiol groups is 1. The van der Waals surface area contributed by atoms with Crippen molar-refractivity contribution < 1.29 is 9.90 Å². The summed E-state index contributed by atoms with van der Waals surface area (Å²) in [6.07, 6.45) is 3.31. The van der Waals surface area contributed by atoms with Crippen LogP contribution >= 0.6 is 22.5 Å². The van der Waals surface area contributed by atoms with Crippen LogP contribution < -0.4 is 0 Å². The molecule has 0 fully saturated rings. The van der Waals surface area contributed by atoms with Gasteiger partial charge in [-0.05, 0) is 13.8 Å². The van der Waals surface area contributed by atoms with E-state index in [9.17, 15) is 4.79 Å². The summed E-state index contributed by atoms with van der Waals surface area (Å²) in [5.41, 5.74) is 0. The highest BCUT2D eigenvalue weighted by Crippen LogP contribution is 2.29. The van der Waals surface area contributed by atoms with Crippen LogP contribution in [0.2, 0.25) is 0 Å². The van der Waals surface area contributed by atoms with E-state index in [1.807, 2.05) is 0 Å². The van der Waals surface area contributed by atoms with Gasteiger partial charge in [0.2, 0.25) is 0 Å². The van der Waals surface area contributed by atoms with E-state index >= 15 is 0 Å². The molecule has 0 aromatic heterocycles. The average molecular weight is 178 g/mol. The number of carboxylic acid groups (broad SMARTS) is 1. The SMILES string of the molecule is C/C=C/C(C)(SS)C(=O)O. The van der Waals surface area contributed by atoms with Crippen molar-refractivity contribution >= 4 is 28.4 Å². The maximum absolute atomic E-state index is 10.5. The Hall–Kier alpha value is -0.0900. The van der Waals surface area contributed by atoms with Crippen LogP contribution in [0.3, 0.4) is 0 Å². The summed E-state index contributed by atoms with van der Waals surface area (Å²) >= 11 is 3.86. The monoisotopic (exact) mass is 178 g/mol. The Morgan fingerprint density at radius 2 is 2.30 bits per heavy atom. The first-order chi connectivity index (χ1) is 4.56. The first-order valence-corrected chi connectivity index (χ1v) is 4.63. The van der Waals surface area contributed by atoms with Gasteiger partial charge >= 0.3 is 5.97 Å². The summed E-state index contributed by atoms with van der Waals surface area (Å²) < 4.78 is -0.891. The highest BCUT2D eigenvalue weighted by molar-refractivity contribution is 8.69. The van der Waals surface area contributed by atoms with Crippen LogP contribution in [0.4, 0.5) is 0 Å². The summed E-state index contributed by atoms with van der Waals surface area (Å²) in [6.45, 7) is 3.39. The third-order valence-electron chi connectivity index (χ3n) is 1.10.